The third kappa shape index (κ3) is 2.83. The number of nitrogens with zero attached hydrogens (tertiary/aromatic N) is 1. The number of halogens is 2. The molecule has 0 aliphatic rings. The summed E-state index contributed by atoms with van der Waals surface area (Å²) in [7, 11) is 0. The standard InChI is InChI=1S/C9H12BrFN2O/c10-8-5-7(12)6-13(9(8)14)4-2-1-3-11/h5-6H,1-4,12H2. The second kappa shape index (κ2) is 5.14. The fourth-order valence-electron chi connectivity index (χ4n) is 1.16. The van der Waals surface area contributed by atoms with Gasteiger partial charge in [-0.3, -0.25) is 9.18 Å². The van der Waals surface area contributed by atoms with E-state index < -0.39 is 0 Å². The molecule has 0 aliphatic carbocycles. The first-order chi connectivity index (χ1) is 6.65. The molecule has 0 fully saturated rings. The van der Waals surface area contributed by atoms with Crippen LogP contribution in [0.15, 0.2) is 21.5 Å². The summed E-state index contributed by atoms with van der Waals surface area (Å²) in [5, 5.41) is 0. The summed E-state index contributed by atoms with van der Waals surface area (Å²) in [5.41, 5.74) is 5.97. The van der Waals surface area contributed by atoms with Crippen LogP contribution in [0, 0.1) is 0 Å². The third-order valence-corrected chi connectivity index (χ3v) is 2.41. The van der Waals surface area contributed by atoms with E-state index in [2.05, 4.69) is 15.9 Å². The highest BCUT2D eigenvalue weighted by Gasteiger charge is 2.01. The molecule has 0 bridgehead atoms. The minimum absolute atomic E-state index is 0.127. The number of anilines is 1. The highest BCUT2D eigenvalue weighted by molar-refractivity contribution is 9.10. The molecule has 3 nitrogen and oxygen atoms in total. The van der Waals surface area contributed by atoms with E-state index >= 15 is 0 Å². The molecule has 0 amide bonds. The van der Waals surface area contributed by atoms with Crippen LogP contribution in [-0.4, -0.2) is 11.2 Å². The van der Waals surface area contributed by atoms with Gasteiger partial charge in [-0.2, -0.15) is 0 Å². The van der Waals surface area contributed by atoms with Crippen LogP contribution in [-0.2, 0) is 6.54 Å². The molecular weight excluding hydrogens is 251 g/mol. The zero-order valence-corrected chi connectivity index (χ0v) is 9.26. The first kappa shape index (κ1) is 11.2. The topological polar surface area (TPSA) is 48.0 Å². The smallest absolute Gasteiger partial charge is 0.264 e. The van der Waals surface area contributed by atoms with E-state index in [1.807, 2.05) is 0 Å². The second-order valence-electron chi connectivity index (χ2n) is 3.02. The predicted octanol–water partition coefficient (Wildman–Crippen LogP) is 1.94. The number of aryl methyl sites for hydroxylation is 1. The number of aromatic nitrogens is 1. The molecule has 0 atom stereocenters. The molecule has 14 heavy (non-hydrogen) atoms. The molecule has 0 aromatic carbocycles. The average Bonchev–Trinajstić information content (AvgIpc) is 2.13. The Bertz CT molecular complexity index is 364. The zero-order chi connectivity index (χ0) is 10.6. The first-order valence-electron chi connectivity index (χ1n) is 4.36. The lowest BCUT2D eigenvalue weighted by molar-refractivity contribution is 0.445. The lowest BCUT2D eigenvalue weighted by atomic mass is 10.3. The van der Waals surface area contributed by atoms with Crippen LogP contribution < -0.4 is 11.3 Å². The number of hydrogen-bond acceptors (Lipinski definition) is 2. The number of unbranched alkanes of at least 4 members (excludes halogenated alkanes) is 1. The zero-order valence-electron chi connectivity index (χ0n) is 7.67. The van der Waals surface area contributed by atoms with Crippen LogP contribution in [0.4, 0.5) is 10.1 Å². The summed E-state index contributed by atoms with van der Waals surface area (Å²) in [4.78, 5) is 11.5. The Balaban J connectivity index is 2.81. The summed E-state index contributed by atoms with van der Waals surface area (Å²) in [6.45, 7) is 0.157. The van der Waals surface area contributed by atoms with Gasteiger partial charge in [-0.1, -0.05) is 0 Å². The number of alkyl halides is 1. The third-order valence-electron chi connectivity index (χ3n) is 1.85. The van der Waals surface area contributed by atoms with E-state index in [0.29, 0.717) is 29.5 Å². The van der Waals surface area contributed by atoms with Crippen molar-refractivity contribution in [3.05, 3.63) is 27.1 Å². The highest BCUT2D eigenvalue weighted by atomic mass is 79.9. The Morgan fingerprint density at radius 2 is 2.21 bits per heavy atom. The minimum atomic E-state index is -0.349. The Morgan fingerprint density at radius 1 is 1.50 bits per heavy atom. The van der Waals surface area contributed by atoms with Crippen LogP contribution in [0.3, 0.4) is 0 Å². The molecule has 1 heterocycles. The summed E-state index contributed by atoms with van der Waals surface area (Å²) < 4.78 is 13.8. The number of hydrogen-bond donors (Lipinski definition) is 1. The Hall–Kier alpha value is -0.840. The average molecular weight is 263 g/mol. The van der Waals surface area contributed by atoms with Gasteiger partial charge in [-0.05, 0) is 34.8 Å². The molecule has 2 N–H and O–H groups in total. The first-order valence-corrected chi connectivity index (χ1v) is 5.16. The fourth-order valence-corrected chi connectivity index (χ4v) is 1.66. The van der Waals surface area contributed by atoms with Crippen molar-refractivity contribution in [2.75, 3.05) is 12.4 Å². The molecule has 0 saturated carbocycles. The van der Waals surface area contributed by atoms with Crippen LogP contribution in [0.1, 0.15) is 12.8 Å². The van der Waals surface area contributed by atoms with Crippen molar-refractivity contribution in [2.45, 2.75) is 19.4 Å². The van der Waals surface area contributed by atoms with Crippen LogP contribution in [0.25, 0.3) is 0 Å². The lowest BCUT2D eigenvalue weighted by Crippen LogP contribution is -2.20. The van der Waals surface area contributed by atoms with Crippen molar-refractivity contribution in [2.24, 2.45) is 0 Å². The number of nitrogen functional groups attached to an aromatic ring is 1. The van der Waals surface area contributed by atoms with Crippen LogP contribution >= 0.6 is 15.9 Å². The Labute approximate surface area is 89.9 Å². The van der Waals surface area contributed by atoms with Gasteiger partial charge in [0.2, 0.25) is 0 Å². The molecule has 0 saturated heterocycles. The lowest BCUT2D eigenvalue weighted by Gasteiger charge is -2.06. The minimum Gasteiger partial charge on any atom is -0.398 e. The fraction of sp³-hybridized carbons (Fsp3) is 0.444. The van der Waals surface area contributed by atoms with E-state index in [-0.39, 0.29) is 12.2 Å². The van der Waals surface area contributed by atoms with Gasteiger partial charge >= 0.3 is 0 Å². The maximum Gasteiger partial charge on any atom is 0.264 e. The van der Waals surface area contributed by atoms with Crippen molar-refractivity contribution in [1.29, 1.82) is 0 Å². The van der Waals surface area contributed by atoms with Gasteiger partial charge in [0.05, 0.1) is 11.1 Å². The Morgan fingerprint density at radius 3 is 2.86 bits per heavy atom. The van der Waals surface area contributed by atoms with Gasteiger partial charge in [0, 0.05) is 18.4 Å². The molecule has 1 aromatic heterocycles. The summed E-state index contributed by atoms with van der Waals surface area (Å²) in [6, 6.07) is 1.56. The molecule has 0 spiro atoms. The molecule has 1 aromatic rings. The van der Waals surface area contributed by atoms with Gasteiger partial charge in [0.1, 0.15) is 0 Å². The van der Waals surface area contributed by atoms with Gasteiger partial charge < -0.3 is 10.3 Å². The maximum absolute atomic E-state index is 11.8. The summed E-state index contributed by atoms with van der Waals surface area (Å²) >= 11 is 3.12. The van der Waals surface area contributed by atoms with Crippen LogP contribution in [0.5, 0.6) is 0 Å². The molecule has 5 heteroatoms. The van der Waals surface area contributed by atoms with E-state index in [4.69, 9.17) is 5.73 Å². The van der Waals surface area contributed by atoms with Gasteiger partial charge in [-0.25, -0.2) is 0 Å². The monoisotopic (exact) mass is 262 g/mol. The molecule has 1 rings (SSSR count). The highest BCUT2D eigenvalue weighted by Crippen LogP contribution is 2.08. The van der Waals surface area contributed by atoms with Crippen molar-refractivity contribution >= 4 is 21.6 Å². The summed E-state index contributed by atoms with van der Waals surface area (Å²) in [5.74, 6) is 0. The van der Waals surface area contributed by atoms with Crippen LogP contribution in [0.2, 0.25) is 0 Å². The molecule has 0 radical (unpaired) electrons. The van der Waals surface area contributed by atoms with Gasteiger partial charge in [0.25, 0.3) is 5.56 Å². The molecule has 0 aliphatic heterocycles. The molecular formula is C9H12BrFN2O. The quantitative estimate of drug-likeness (QED) is 0.844. The van der Waals surface area contributed by atoms with Crippen molar-refractivity contribution < 1.29 is 4.39 Å². The number of pyridine rings is 1. The Kier molecular flexibility index (Phi) is 4.13. The number of nitrogens with two attached hydrogens (primary N) is 1. The SMILES string of the molecule is Nc1cc(Br)c(=O)n(CCCCF)c1. The molecule has 78 valence electrons. The van der Waals surface area contributed by atoms with E-state index in [1.54, 1.807) is 12.3 Å². The van der Waals surface area contributed by atoms with Gasteiger partial charge in [0.15, 0.2) is 0 Å². The van der Waals surface area contributed by atoms with Crippen molar-refractivity contribution in [3.63, 3.8) is 0 Å². The van der Waals surface area contributed by atoms with Gasteiger partial charge in [-0.15, -0.1) is 0 Å². The van der Waals surface area contributed by atoms with Crippen molar-refractivity contribution in [1.82, 2.24) is 4.57 Å². The summed E-state index contributed by atoms with van der Waals surface area (Å²) in [6.07, 6.45) is 2.69. The molecule has 0 unspecified atom stereocenters. The predicted molar refractivity (Wildman–Crippen MR) is 58.0 cm³/mol. The van der Waals surface area contributed by atoms with E-state index in [1.165, 1.54) is 4.57 Å². The van der Waals surface area contributed by atoms with E-state index in [0.717, 1.165) is 0 Å². The van der Waals surface area contributed by atoms with E-state index in [9.17, 15) is 9.18 Å². The maximum atomic E-state index is 11.8. The van der Waals surface area contributed by atoms with Crippen molar-refractivity contribution in [3.8, 4) is 0 Å². The largest absolute Gasteiger partial charge is 0.398 e. The second-order valence-corrected chi connectivity index (χ2v) is 3.87. The normalized spacial score (nSPS) is 10.4. The number of rotatable bonds is 4.